The molecule has 0 aromatic heterocycles. The molecule has 1 unspecified atom stereocenters. The zero-order valence-corrected chi connectivity index (χ0v) is 14.6. The second-order valence-electron chi connectivity index (χ2n) is 5.05. The van der Waals surface area contributed by atoms with Crippen molar-refractivity contribution in [3.63, 3.8) is 0 Å². The maximum atomic E-state index is 12.5. The molecule has 8 heteroatoms. The standard InChI is InChI=1S/C17H16ClNO6/c1-10(11-6-4-5-7-13(11)18)25-17(20)12-8-15(23-2)16(24-3)9-14(12)19(21)22/h4-10H,1-3H3. The highest BCUT2D eigenvalue weighted by atomic mass is 35.5. The average Bonchev–Trinajstić information content (AvgIpc) is 2.60. The molecule has 0 bridgehead atoms. The summed E-state index contributed by atoms with van der Waals surface area (Å²) in [5.41, 5.74) is -0.0730. The maximum Gasteiger partial charge on any atom is 0.345 e. The van der Waals surface area contributed by atoms with E-state index in [0.29, 0.717) is 10.6 Å². The van der Waals surface area contributed by atoms with Crippen LogP contribution >= 0.6 is 11.6 Å². The zero-order chi connectivity index (χ0) is 18.6. The monoisotopic (exact) mass is 365 g/mol. The number of rotatable bonds is 6. The number of nitro benzene ring substituents is 1. The van der Waals surface area contributed by atoms with Crippen molar-refractivity contribution in [3.05, 3.63) is 62.7 Å². The van der Waals surface area contributed by atoms with Crippen molar-refractivity contribution in [2.24, 2.45) is 0 Å². The fourth-order valence-electron chi connectivity index (χ4n) is 2.28. The third kappa shape index (κ3) is 4.00. The van der Waals surface area contributed by atoms with Gasteiger partial charge in [0.2, 0.25) is 0 Å². The van der Waals surface area contributed by atoms with E-state index in [9.17, 15) is 14.9 Å². The van der Waals surface area contributed by atoms with Crippen molar-refractivity contribution in [3.8, 4) is 11.5 Å². The van der Waals surface area contributed by atoms with Gasteiger partial charge in [0.15, 0.2) is 11.5 Å². The number of benzene rings is 2. The molecule has 0 radical (unpaired) electrons. The number of hydrogen-bond donors (Lipinski definition) is 0. The van der Waals surface area contributed by atoms with E-state index < -0.39 is 22.7 Å². The fraction of sp³-hybridized carbons (Fsp3) is 0.235. The molecular formula is C17H16ClNO6. The van der Waals surface area contributed by atoms with E-state index >= 15 is 0 Å². The van der Waals surface area contributed by atoms with E-state index in [-0.39, 0.29) is 17.1 Å². The Kier molecular flexibility index (Phi) is 5.82. The fourth-order valence-corrected chi connectivity index (χ4v) is 2.56. The van der Waals surface area contributed by atoms with Crippen LogP contribution in [-0.2, 0) is 4.74 Å². The summed E-state index contributed by atoms with van der Waals surface area (Å²) >= 11 is 6.08. The first kappa shape index (κ1) is 18.5. The molecule has 0 N–H and O–H groups in total. The lowest BCUT2D eigenvalue weighted by Gasteiger charge is -2.16. The lowest BCUT2D eigenvalue weighted by Crippen LogP contribution is -2.12. The number of nitrogens with zero attached hydrogens (tertiary/aromatic N) is 1. The van der Waals surface area contributed by atoms with Crippen LogP contribution in [0.4, 0.5) is 5.69 Å². The number of hydrogen-bond acceptors (Lipinski definition) is 6. The van der Waals surface area contributed by atoms with E-state index in [4.69, 9.17) is 25.8 Å². The normalized spacial score (nSPS) is 11.5. The van der Waals surface area contributed by atoms with Gasteiger partial charge in [-0.15, -0.1) is 0 Å². The second kappa shape index (κ2) is 7.85. The summed E-state index contributed by atoms with van der Waals surface area (Å²) in [4.78, 5) is 23.1. The number of nitro groups is 1. The predicted octanol–water partition coefficient (Wildman–Crippen LogP) is 4.18. The largest absolute Gasteiger partial charge is 0.493 e. The van der Waals surface area contributed by atoms with E-state index in [1.54, 1.807) is 31.2 Å². The summed E-state index contributed by atoms with van der Waals surface area (Å²) in [6.07, 6.45) is -0.686. The van der Waals surface area contributed by atoms with Gasteiger partial charge in [0.25, 0.3) is 5.69 Å². The summed E-state index contributed by atoms with van der Waals surface area (Å²) in [6.45, 7) is 1.63. The maximum absolute atomic E-state index is 12.5. The SMILES string of the molecule is COc1cc(C(=O)OC(C)c2ccccc2Cl)c([N+](=O)[O-])cc1OC. The van der Waals surface area contributed by atoms with E-state index in [1.807, 2.05) is 0 Å². The molecule has 132 valence electrons. The topological polar surface area (TPSA) is 87.9 Å². The third-order valence-electron chi connectivity index (χ3n) is 3.55. The van der Waals surface area contributed by atoms with Crippen LogP contribution in [0.15, 0.2) is 36.4 Å². The number of methoxy groups -OCH3 is 2. The smallest absolute Gasteiger partial charge is 0.345 e. The van der Waals surface area contributed by atoms with Crippen molar-refractivity contribution in [2.45, 2.75) is 13.0 Å². The Labute approximate surface area is 149 Å². The first-order chi connectivity index (χ1) is 11.9. The molecule has 0 aliphatic carbocycles. The van der Waals surface area contributed by atoms with Crippen molar-refractivity contribution in [2.75, 3.05) is 14.2 Å². The van der Waals surface area contributed by atoms with Gasteiger partial charge in [0.1, 0.15) is 11.7 Å². The molecular weight excluding hydrogens is 350 g/mol. The van der Waals surface area contributed by atoms with E-state index in [2.05, 4.69) is 0 Å². The minimum absolute atomic E-state index is 0.143. The Hall–Kier alpha value is -2.80. The van der Waals surface area contributed by atoms with E-state index in [0.717, 1.165) is 6.07 Å². The number of ether oxygens (including phenoxy) is 3. The molecule has 25 heavy (non-hydrogen) atoms. The Morgan fingerprint density at radius 1 is 1.16 bits per heavy atom. The molecule has 0 aliphatic heterocycles. The van der Waals surface area contributed by atoms with Crippen molar-refractivity contribution in [1.29, 1.82) is 0 Å². The van der Waals surface area contributed by atoms with Crippen LogP contribution in [0.3, 0.4) is 0 Å². The first-order valence-electron chi connectivity index (χ1n) is 7.24. The molecule has 1 atom stereocenters. The lowest BCUT2D eigenvalue weighted by molar-refractivity contribution is -0.385. The first-order valence-corrected chi connectivity index (χ1v) is 7.62. The number of carbonyl (C=O) groups is 1. The molecule has 2 aromatic carbocycles. The van der Waals surface area contributed by atoms with Crippen LogP contribution < -0.4 is 9.47 Å². The van der Waals surface area contributed by atoms with Crippen LogP contribution in [0.1, 0.15) is 28.9 Å². The van der Waals surface area contributed by atoms with Crippen LogP contribution in [0.2, 0.25) is 5.02 Å². The second-order valence-corrected chi connectivity index (χ2v) is 5.46. The van der Waals surface area contributed by atoms with Crippen LogP contribution in [-0.4, -0.2) is 25.1 Å². The van der Waals surface area contributed by atoms with Crippen molar-refractivity contribution >= 4 is 23.3 Å². The predicted molar refractivity (Wildman–Crippen MR) is 91.5 cm³/mol. The van der Waals surface area contributed by atoms with Crippen LogP contribution in [0.25, 0.3) is 0 Å². The molecule has 2 rings (SSSR count). The van der Waals surface area contributed by atoms with Crippen molar-refractivity contribution < 1.29 is 23.9 Å². The van der Waals surface area contributed by atoms with Gasteiger partial charge in [-0.3, -0.25) is 10.1 Å². The average molecular weight is 366 g/mol. The summed E-state index contributed by atoms with van der Waals surface area (Å²) in [6, 6.07) is 9.22. The highest BCUT2D eigenvalue weighted by Crippen LogP contribution is 2.36. The van der Waals surface area contributed by atoms with Gasteiger partial charge in [-0.05, 0) is 13.0 Å². The number of esters is 1. The van der Waals surface area contributed by atoms with Crippen LogP contribution in [0, 0.1) is 10.1 Å². The molecule has 0 saturated heterocycles. The molecule has 0 amide bonds. The van der Waals surface area contributed by atoms with Gasteiger partial charge in [-0.1, -0.05) is 29.8 Å². The van der Waals surface area contributed by atoms with Gasteiger partial charge < -0.3 is 14.2 Å². The summed E-state index contributed by atoms with van der Waals surface area (Å²) in [7, 11) is 2.71. The minimum Gasteiger partial charge on any atom is -0.493 e. The molecule has 0 heterocycles. The molecule has 0 fully saturated rings. The summed E-state index contributed by atoms with van der Waals surface area (Å²) in [5.74, 6) is -0.532. The van der Waals surface area contributed by atoms with Gasteiger partial charge >= 0.3 is 5.97 Å². The Morgan fingerprint density at radius 3 is 2.32 bits per heavy atom. The number of carbonyl (C=O) groups excluding carboxylic acids is 1. The summed E-state index contributed by atoms with van der Waals surface area (Å²) < 4.78 is 15.5. The van der Waals surface area contributed by atoms with Gasteiger partial charge in [-0.2, -0.15) is 0 Å². The van der Waals surface area contributed by atoms with Crippen LogP contribution in [0.5, 0.6) is 11.5 Å². The third-order valence-corrected chi connectivity index (χ3v) is 3.89. The summed E-state index contributed by atoms with van der Waals surface area (Å²) in [5, 5.41) is 11.7. The Bertz CT molecular complexity index is 808. The number of halogens is 1. The highest BCUT2D eigenvalue weighted by Gasteiger charge is 2.27. The van der Waals surface area contributed by atoms with Gasteiger partial charge in [0.05, 0.1) is 25.2 Å². The highest BCUT2D eigenvalue weighted by molar-refractivity contribution is 6.31. The van der Waals surface area contributed by atoms with Crippen molar-refractivity contribution in [1.82, 2.24) is 0 Å². The van der Waals surface area contributed by atoms with Gasteiger partial charge in [-0.25, -0.2) is 4.79 Å². The quantitative estimate of drug-likeness (QED) is 0.433. The molecule has 0 saturated carbocycles. The van der Waals surface area contributed by atoms with E-state index in [1.165, 1.54) is 20.3 Å². The zero-order valence-electron chi connectivity index (χ0n) is 13.8. The minimum atomic E-state index is -0.861. The molecule has 0 aliphatic rings. The molecule has 7 nitrogen and oxygen atoms in total. The molecule has 2 aromatic rings. The van der Waals surface area contributed by atoms with Gasteiger partial charge in [0, 0.05) is 16.7 Å². The molecule has 0 spiro atoms. The lowest BCUT2D eigenvalue weighted by atomic mass is 10.1. The Morgan fingerprint density at radius 2 is 1.76 bits per heavy atom. The Balaban J connectivity index is 2.38.